The van der Waals surface area contributed by atoms with E-state index >= 15 is 0 Å². The van der Waals surface area contributed by atoms with Gasteiger partial charge in [0.05, 0.1) is 19.3 Å². The van der Waals surface area contributed by atoms with Crippen LogP contribution in [0, 0.1) is 5.92 Å². The number of hydrogen-bond donors (Lipinski definition) is 0. The van der Waals surface area contributed by atoms with Crippen LogP contribution in [-0.4, -0.2) is 68.4 Å². The van der Waals surface area contributed by atoms with Crippen molar-refractivity contribution < 1.29 is 32.2 Å². The predicted octanol–water partition coefficient (Wildman–Crippen LogP) is 4.20. The fourth-order valence-corrected chi connectivity index (χ4v) is 2.91. The van der Waals surface area contributed by atoms with Crippen molar-refractivity contribution in [3.05, 3.63) is 11.8 Å². The number of methoxy groups -OCH3 is 1. The SMILES string of the molecule is CC/C=C(/OCC1CC(OC)CN(C(=O)OC(C)(C)C)C1)C(=NC)C(F)(F)F. The van der Waals surface area contributed by atoms with Gasteiger partial charge in [-0.15, -0.1) is 0 Å². The lowest BCUT2D eigenvalue weighted by Crippen LogP contribution is -2.49. The minimum Gasteiger partial charge on any atom is -0.491 e. The summed E-state index contributed by atoms with van der Waals surface area (Å²) in [6.45, 7) is 7.73. The normalized spacial score (nSPS) is 22.2. The molecule has 6 nitrogen and oxygen atoms in total. The van der Waals surface area contributed by atoms with E-state index in [1.54, 1.807) is 27.7 Å². The highest BCUT2D eigenvalue weighted by Gasteiger charge is 2.39. The van der Waals surface area contributed by atoms with E-state index in [1.165, 1.54) is 18.1 Å². The van der Waals surface area contributed by atoms with E-state index in [0.717, 1.165) is 7.05 Å². The smallest absolute Gasteiger partial charge is 0.436 e. The number of allylic oxidation sites excluding steroid dienone is 2. The van der Waals surface area contributed by atoms with Gasteiger partial charge in [0.25, 0.3) is 0 Å². The summed E-state index contributed by atoms with van der Waals surface area (Å²) in [7, 11) is 2.62. The van der Waals surface area contributed by atoms with Gasteiger partial charge in [-0.1, -0.05) is 6.92 Å². The molecule has 0 aromatic heterocycles. The second kappa shape index (κ2) is 10.1. The van der Waals surface area contributed by atoms with Crippen LogP contribution in [-0.2, 0) is 14.2 Å². The maximum absolute atomic E-state index is 13.2. The summed E-state index contributed by atoms with van der Waals surface area (Å²) < 4.78 is 55.8. The van der Waals surface area contributed by atoms with E-state index in [0.29, 0.717) is 25.9 Å². The Hall–Kier alpha value is -1.77. The van der Waals surface area contributed by atoms with E-state index < -0.39 is 23.6 Å². The summed E-state index contributed by atoms with van der Waals surface area (Å²) in [6.07, 6.45) is -3.01. The second-order valence-corrected chi connectivity index (χ2v) is 7.70. The zero-order valence-corrected chi connectivity index (χ0v) is 17.4. The van der Waals surface area contributed by atoms with Crippen molar-refractivity contribution in [2.45, 2.75) is 58.4 Å². The van der Waals surface area contributed by atoms with Crippen LogP contribution in [0.5, 0.6) is 0 Å². The topological polar surface area (TPSA) is 60.4 Å². The Morgan fingerprint density at radius 3 is 2.36 bits per heavy atom. The highest BCUT2D eigenvalue weighted by atomic mass is 19.4. The summed E-state index contributed by atoms with van der Waals surface area (Å²) in [6, 6.07) is 0. The molecule has 28 heavy (non-hydrogen) atoms. The average Bonchev–Trinajstić information content (AvgIpc) is 2.57. The molecule has 9 heteroatoms. The molecule has 0 aromatic rings. The third-order valence-electron chi connectivity index (χ3n) is 4.07. The van der Waals surface area contributed by atoms with Crippen LogP contribution in [0.1, 0.15) is 40.5 Å². The molecule has 1 amide bonds. The number of piperidine rings is 1. The number of nitrogens with zero attached hydrogens (tertiary/aromatic N) is 2. The maximum Gasteiger partial charge on any atom is 0.436 e. The van der Waals surface area contributed by atoms with Crippen molar-refractivity contribution in [3.63, 3.8) is 0 Å². The molecular weight excluding hydrogens is 377 g/mol. The Morgan fingerprint density at radius 1 is 1.25 bits per heavy atom. The number of rotatable bonds is 6. The van der Waals surface area contributed by atoms with E-state index in [1.807, 2.05) is 0 Å². The lowest BCUT2D eigenvalue weighted by Gasteiger charge is -2.37. The fourth-order valence-electron chi connectivity index (χ4n) is 2.91. The molecule has 0 aromatic carbocycles. The number of hydrogen-bond acceptors (Lipinski definition) is 5. The Morgan fingerprint density at radius 2 is 1.89 bits per heavy atom. The van der Waals surface area contributed by atoms with E-state index in [2.05, 4.69) is 4.99 Å². The minimum atomic E-state index is -4.60. The predicted molar refractivity (Wildman–Crippen MR) is 100 cm³/mol. The third kappa shape index (κ3) is 7.69. The number of halogens is 3. The average molecular weight is 408 g/mol. The van der Waals surface area contributed by atoms with Gasteiger partial charge >= 0.3 is 12.3 Å². The molecule has 0 radical (unpaired) electrons. The van der Waals surface area contributed by atoms with Crippen LogP contribution in [0.3, 0.4) is 0 Å². The lowest BCUT2D eigenvalue weighted by molar-refractivity contribution is -0.0618. The summed E-state index contributed by atoms with van der Waals surface area (Å²) in [5, 5.41) is 0. The number of carbonyl (C=O) groups excluding carboxylic acids is 1. The standard InChI is InChI=1S/C19H31F3N2O4/c1-7-8-15(16(23-5)19(20,21)22)27-12-13-9-14(26-6)11-24(10-13)17(25)28-18(2,3)4/h8,13-14H,7,9-12H2,1-6H3/b15-8+,23-16?. The molecular formula is C19H31F3N2O4. The largest absolute Gasteiger partial charge is 0.491 e. The first kappa shape index (κ1) is 24.3. The molecule has 1 aliphatic heterocycles. The van der Waals surface area contributed by atoms with Gasteiger partial charge in [-0.05, 0) is 39.7 Å². The number of carbonyl (C=O) groups is 1. The van der Waals surface area contributed by atoms with Gasteiger partial charge in [-0.25, -0.2) is 4.79 Å². The Bertz CT molecular complexity index is 583. The van der Waals surface area contributed by atoms with Crippen LogP contribution in [0.15, 0.2) is 16.8 Å². The Balaban J connectivity index is 2.85. The number of alkyl halides is 3. The first-order valence-electron chi connectivity index (χ1n) is 9.29. The van der Waals surface area contributed by atoms with Gasteiger partial charge in [-0.3, -0.25) is 4.99 Å². The van der Waals surface area contributed by atoms with Crippen molar-refractivity contribution in [3.8, 4) is 0 Å². The number of likely N-dealkylation sites (tertiary alicyclic amines) is 1. The van der Waals surface area contributed by atoms with Gasteiger partial charge in [0.1, 0.15) is 11.4 Å². The van der Waals surface area contributed by atoms with Gasteiger partial charge in [0, 0.05) is 26.6 Å². The number of aliphatic imine (C=N–C) groups is 1. The molecule has 0 aliphatic carbocycles. The van der Waals surface area contributed by atoms with Gasteiger partial charge in [-0.2, -0.15) is 13.2 Å². The molecule has 1 aliphatic rings. The molecule has 0 bridgehead atoms. The molecule has 162 valence electrons. The molecule has 2 atom stereocenters. The Kier molecular flexibility index (Phi) is 8.78. The van der Waals surface area contributed by atoms with Gasteiger partial charge < -0.3 is 19.1 Å². The lowest BCUT2D eigenvalue weighted by atomic mass is 9.97. The quantitative estimate of drug-likeness (QED) is 0.488. The van der Waals surface area contributed by atoms with Crippen molar-refractivity contribution in [1.82, 2.24) is 4.90 Å². The monoisotopic (exact) mass is 408 g/mol. The molecule has 1 fully saturated rings. The first-order valence-corrected chi connectivity index (χ1v) is 9.29. The molecule has 1 saturated heterocycles. The molecule has 0 N–H and O–H groups in total. The zero-order valence-electron chi connectivity index (χ0n) is 17.4. The van der Waals surface area contributed by atoms with Crippen LogP contribution in [0.2, 0.25) is 0 Å². The molecule has 2 unspecified atom stereocenters. The summed E-state index contributed by atoms with van der Waals surface area (Å²) >= 11 is 0. The third-order valence-corrected chi connectivity index (χ3v) is 4.07. The van der Waals surface area contributed by atoms with Crippen molar-refractivity contribution in [1.29, 1.82) is 0 Å². The fraction of sp³-hybridized carbons (Fsp3) is 0.789. The summed E-state index contributed by atoms with van der Waals surface area (Å²) in [4.78, 5) is 17.2. The van der Waals surface area contributed by atoms with Crippen LogP contribution >= 0.6 is 0 Å². The van der Waals surface area contributed by atoms with E-state index in [4.69, 9.17) is 14.2 Å². The molecule has 1 rings (SSSR count). The van der Waals surface area contributed by atoms with Crippen molar-refractivity contribution in [2.75, 3.05) is 33.9 Å². The van der Waals surface area contributed by atoms with Crippen molar-refractivity contribution >= 4 is 11.8 Å². The molecule has 1 heterocycles. The second-order valence-electron chi connectivity index (χ2n) is 7.70. The van der Waals surface area contributed by atoms with Crippen LogP contribution in [0.25, 0.3) is 0 Å². The van der Waals surface area contributed by atoms with Gasteiger partial charge in [0.2, 0.25) is 0 Å². The highest BCUT2D eigenvalue weighted by molar-refractivity contribution is 6.02. The summed E-state index contributed by atoms with van der Waals surface area (Å²) in [5.41, 5.74) is -1.68. The minimum absolute atomic E-state index is 0.0140. The zero-order chi connectivity index (χ0) is 21.5. The Labute approximate surface area is 164 Å². The van der Waals surface area contributed by atoms with Gasteiger partial charge in [0.15, 0.2) is 5.71 Å². The molecule has 0 spiro atoms. The number of amides is 1. The van der Waals surface area contributed by atoms with E-state index in [-0.39, 0.29) is 24.4 Å². The van der Waals surface area contributed by atoms with Crippen LogP contribution in [0.4, 0.5) is 18.0 Å². The first-order chi connectivity index (χ1) is 12.9. The highest BCUT2D eigenvalue weighted by Crippen LogP contribution is 2.26. The van der Waals surface area contributed by atoms with Crippen molar-refractivity contribution in [2.24, 2.45) is 10.9 Å². The number of ether oxygens (including phenoxy) is 3. The van der Waals surface area contributed by atoms with Crippen LogP contribution < -0.4 is 0 Å². The summed E-state index contributed by atoms with van der Waals surface area (Å²) in [5.74, 6) is -0.487. The molecule has 0 saturated carbocycles. The maximum atomic E-state index is 13.2. The van der Waals surface area contributed by atoms with E-state index in [9.17, 15) is 18.0 Å².